The van der Waals surface area contributed by atoms with Crippen molar-refractivity contribution in [3.8, 4) is 0 Å². The molecule has 1 aliphatic rings. The Balaban J connectivity index is 1.26. The van der Waals surface area contributed by atoms with Gasteiger partial charge in [-0.15, -0.1) is 0 Å². The first-order valence-corrected chi connectivity index (χ1v) is 11.7. The predicted octanol–water partition coefficient (Wildman–Crippen LogP) is 2.64. The topological polar surface area (TPSA) is 95.7 Å². The Morgan fingerprint density at radius 1 is 0.971 bits per heavy atom. The zero-order valence-corrected chi connectivity index (χ0v) is 19.5. The molecular weight excluding hydrogens is 442 g/mol. The molecule has 3 heterocycles. The Hall–Kier alpha value is -4.27. The summed E-state index contributed by atoms with van der Waals surface area (Å²) in [6, 6.07) is 20.3. The minimum Gasteiger partial charge on any atom is -0.353 e. The summed E-state index contributed by atoms with van der Waals surface area (Å²) in [7, 11) is 0. The molecule has 1 N–H and O–H groups in total. The lowest BCUT2D eigenvalue weighted by atomic mass is 10.0. The lowest BCUT2D eigenvalue weighted by molar-refractivity contribution is -0.132. The summed E-state index contributed by atoms with van der Waals surface area (Å²) in [6.45, 7) is 4.47. The number of nitrogens with zero attached hydrogens (tertiary/aromatic N) is 6. The van der Waals surface area contributed by atoms with Gasteiger partial charge in [0, 0.05) is 43.5 Å². The van der Waals surface area contributed by atoms with Crippen LogP contribution in [0.1, 0.15) is 34.1 Å². The van der Waals surface area contributed by atoms with Crippen molar-refractivity contribution in [2.75, 3.05) is 31.1 Å². The van der Waals surface area contributed by atoms with Gasteiger partial charge in [0.1, 0.15) is 12.1 Å². The van der Waals surface area contributed by atoms with Gasteiger partial charge >= 0.3 is 0 Å². The Labute approximate surface area is 203 Å². The van der Waals surface area contributed by atoms with Crippen LogP contribution in [0.25, 0.3) is 5.78 Å². The average molecular weight is 470 g/mol. The highest BCUT2D eigenvalue weighted by molar-refractivity contribution is 5.94. The van der Waals surface area contributed by atoms with Crippen LogP contribution in [-0.2, 0) is 4.79 Å². The molecular formula is C26H27N7O2. The molecule has 9 nitrogen and oxygen atoms in total. The van der Waals surface area contributed by atoms with Gasteiger partial charge in [-0.3, -0.25) is 9.59 Å². The summed E-state index contributed by atoms with van der Waals surface area (Å²) in [6.07, 6.45) is 1.70. The molecule has 4 aromatic rings. The van der Waals surface area contributed by atoms with Crippen molar-refractivity contribution >= 4 is 23.4 Å². The third-order valence-corrected chi connectivity index (χ3v) is 6.24. The fraction of sp³-hybridized carbons (Fsp3) is 0.269. The number of benzene rings is 2. The van der Waals surface area contributed by atoms with Crippen LogP contribution in [0.5, 0.6) is 0 Å². The highest BCUT2D eigenvalue weighted by atomic mass is 16.2. The number of hydrogen-bond acceptors (Lipinski definition) is 6. The molecule has 35 heavy (non-hydrogen) atoms. The standard InChI is InChI=1S/C26H27N7O2/c1-19-16-23(33-26(29-19)27-18-28-33)31-12-14-32(15-13-31)24(34)17-22(20-8-4-2-5-9-20)30-25(35)21-10-6-3-7-11-21/h2-11,16,18,22H,12-15,17H2,1H3,(H,30,35). The highest BCUT2D eigenvalue weighted by Gasteiger charge is 2.26. The van der Waals surface area contributed by atoms with E-state index in [1.54, 1.807) is 16.6 Å². The number of hydrogen-bond donors (Lipinski definition) is 1. The molecule has 0 saturated carbocycles. The minimum atomic E-state index is -0.410. The predicted molar refractivity (Wildman–Crippen MR) is 132 cm³/mol. The van der Waals surface area contributed by atoms with Crippen molar-refractivity contribution in [1.29, 1.82) is 0 Å². The van der Waals surface area contributed by atoms with E-state index in [1.807, 2.05) is 66.4 Å². The van der Waals surface area contributed by atoms with Crippen molar-refractivity contribution < 1.29 is 9.59 Å². The molecule has 1 unspecified atom stereocenters. The van der Waals surface area contributed by atoms with Gasteiger partial charge < -0.3 is 15.1 Å². The molecule has 2 amide bonds. The number of fused-ring (bicyclic) bond motifs is 1. The monoisotopic (exact) mass is 469 g/mol. The minimum absolute atomic E-state index is 0.0173. The molecule has 1 fully saturated rings. The molecule has 1 saturated heterocycles. The summed E-state index contributed by atoms with van der Waals surface area (Å²) in [5.41, 5.74) is 2.35. The third kappa shape index (κ3) is 4.98. The summed E-state index contributed by atoms with van der Waals surface area (Å²) >= 11 is 0. The van der Waals surface area contributed by atoms with Crippen LogP contribution in [0.15, 0.2) is 73.1 Å². The van der Waals surface area contributed by atoms with Crippen molar-refractivity contribution in [1.82, 2.24) is 29.8 Å². The smallest absolute Gasteiger partial charge is 0.254 e. The molecule has 2 aromatic carbocycles. The summed E-state index contributed by atoms with van der Waals surface area (Å²) in [5.74, 6) is 1.32. The van der Waals surface area contributed by atoms with Gasteiger partial charge in [-0.05, 0) is 24.6 Å². The first kappa shape index (κ1) is 22.5. The SMILES string of the molecule is Cc1cc(N2CCN(C(=O)CC(NC(=O)c3ccccc3)c3ccccc3)CC2)n2ncnc2n1. The quantitative estimate of drug-likeness (QED) is 0.467. The highest BCUT2D eigenvalue weighted by Crippen LogP contribution is 2.21. The third-order valence-electron chi connectivity index (χ3n) is 6.24. The Morgan fingerprint density at radius 3 is 2.37 bits per heavy atom. The number of rotatable bonds is 6. The zero-order chi connectivity index (χ0) is 24.2. The average Bonchev–Trinajstić information content (AvgIpc) is 3.37. The fourth-order valence-electron chi connectivity index (χ4n) is 4.39. The molecule has 1 atom stereocenters. The van der Waals surface area contributed by atoms with E-state index in [9.17, 15) is 9.59 Å². The summed E-state index contributed by atoms with van der Waals surface area (Å²) < 4.78 is 1.73. The number of aryl methyl sites for hydroxylation is 1. The molecule has 0 spiro atoms. The van der Waals surface area contributed by atoms with E-state index < -0.39 is 6.04 Å². The van der Waals surface area contributed by atoms with Gasteiger partial charge in [-0.1, -0.05) is 48.5 Å². The van der Waals surface area contributed by atoms with Crippen LogP contribution >= 0.6 is 0 Å². The van der Waals surface area contributed by atoms with E-state index in [-0.39, 0.29) is 18.2 Å². The number of carbonyl (C=O) groups excluding carboxylic acids is 2. The van der Waals surface area contributed by atoms with Crippen LogP contribution in [0.4, 0.5) is 5.82 Å². The Bertz CT molecular complexity index is 1320. The van der Waals surface area contributed by atoms with Crippen molar-refractivity contribution in [3.63, 3.8) is 0 Å². The lowest BCUT2D eigenvalue weighted by Crippen LogP contribution is -2.50. The van der Waals surface area contributed by atoms with Crippen LogP contribution in [0, 0.1) is 6.92 Å². The largest absolute Gasteiger partial charge is 0.353 e. The van der Waals surface area contributed by atoms with E-state index in [0.29, 0.717) is 37.5 Å². The lowest BCUT2D eigenvalue weighted by Gasteiger charge is -2.36. The van der Waals surface area contributed by atoms with E-state index in [4.69, 9.17) is 0 Å². The molecule has 2 aromatic heterocycles. The van der Waals surface area contributed by atoms with Gasteiger partial charge in [0.25, 0.3) is 11.7 Å². The Morgan fingerprint density at radius 2 is 1.66 bits per heavy atom. The zero-order valence-electron chi connectivity index (χ0n) is 19.5. The molecule has 0 radical (unpaired) electrons. The second kappa shape index (κ2) is 9.92. The first-order chi connectivity index (χ1) is 17.1. The summed E-state index contributed by atoms with van der Waals surface area (Å²) in [5, 5.41) is 7.35. The van der Waals surface area contributed by atoms with E-state index in [1.165, 1.54) is 6.33 Å². The van der Waals surface area contributed by atoms with Crippen LogP contribution in [-0.4, -0.2) is 62.5 Å². The van der Waals surface area contributed by atoms with E-state index in [2.05, 4.69) is 25.3 Å². The van der Waals surface area contributed by atoms with Crippen LogP contribution < -0.4 is 10.2 Å². The van der Waals surface area contributed by atoms with Crippen LogP contribution in [0.2, 0.25) is 0 Å². The fourth-order valence-corrected chi connectivity index (χ4v) is 4.39. The number of aromatic nitrogens is 4. The number of anilines is 1. The van der Waals surface area contributed by atoms with Gasteiger partial charge in [0.05, 0.1) is 12.5 Å². The Kier molecular flexibility index (Phi) is 6.38. The van der Waals surface area contributed by atoms with E-state index >= 15 is 0 Å². The van der Waals surface area contributed by atoms with Gasteiger partial charge in [-0.2, -0.15) is 14.6 Å². The molecule has 5 rings (SSSR count). The molecule has 9 heteroatoms. The molecule has 178 valence electrons. The number of amides is 2. The van der Waals surface area contributed by atoms with Gasteiger partial charge in [0.2, 0.25) is 5.91 Å². The number of carbonyl (C=O) groups is 2. The van der Waals surface area contributed by atoms with Crippen molar-refractivity contribution in [2.24, 2.45) is 0 Å². The van der Waals surface area contributed by atoms with E-state index in [0.717, 1.165) is 17.1 Å². The second-order valence-electron chi connectivity index (χ2n) is 8.60. The van der Waals surface area contributed by atoms with Crippen molar-refractivity contribution in [2.45, 2.75) is 19.4 Å². The summed E-state index contributed by atoms with van der Waals surface area (Å²) in [4.78, 5) is 38.8. The molecule has 0 bridgehead atoms. The van der Waals surface area contributed by atoms with Gasteiger partial charge in [0.15, 0.2) is 0 Å². The van der Waals surface area contributed by atoms with Crippen LogP contribution in [0.3, 0.4) is 0 Å². The maximum atomic E-state index is 13.3. The first-order valence-electron chi connectivity index (χ1n) is 11.7. The maximum absolute atomic E-state index is 13.3. The second-order valence-corrected chi connectivity index (χ2v) is 8.60. The maximum Gasteiger partial charge on any atom is 0.254 e. The van der Waals surface area contributed by atoms with Crippen molar-refractivity contribution in [3.05, 3.63) is 89.9 Å². The molecule has 1 aliphatic heterocycles. The number of nitrogens with one attached hydrogen (secondary N) is 1. The van der Waals surface area contributed by atoms with Gasteiger partial charge in [-0.25, -0.2) is 4.98 Å². The molecule has 0 aliphatic carbocycles. The normalized spacial score (nSPS) is 14.7. The number of piperazine rings is 1.